The van der Waals surface area contributed by atoms with Gasteiger partial charge in [0, 0.05) is 11.3 Å². The van der Waals surface area contributed by atoms with Gasteiger partial charge in [0.2, 0.25) is 0 Å². The van der Waals surface area contributed by atoms with Crippen molar-refractivity contribution in [3.05, 3.63) is 23.8 Å². The molecule has 20 heavy (non-hydrogen) atoms. The molecule has 4 heteroatoms. The number of aromatic nitrogens is 2. The molecule has 4 unspecified atom stereocenters. The van der Waals surface area contributed by atoms with E-state index in [0.717, 1.165) is 28.5 Å². The van der Waals surface area contributed by atoms with Crippen molar-refractivity contribution in [2.75, 3.05) is 0 Å². The lowest BCUT2D eigenvalue weighted by molar-refractivity contribution is 0.279. The van der Waals surface area contributed by atoms with Crippen molar-refractivity contribution in [2.24, 2.45) is 17.6 Å². The van der Waals surface area contributed by atoms with E-state index in [-0.39, 0.29) is 6.04 Å². The van der Waals surface area contributed by atoms with Crippen LogP contribution in [-0.4, -0.2) is 21.3 Å². The predicted molar refractivity (Wildman–Crippen MR) is 86.0 cm³/mol. The van der Waals surface area contributed by atoms with Crippen LogP contribution < -0.4 is 5.73 Å². The molecule has 0 aliphatic heterocycles. The molecule has 0 bridgehead atoms. The van der Waals surface area contributed by atoms with E-state index < -0.39 is 0 Å². The summed E-state index contributed by atoms with van der Waals surface area (Å²) in [5.74, 6) is 1.39. The SMILES string of the molecule is Cc1ccc2nc(SC3C(C)CC(C)CC3N)[nH]c2c1. The molecule has 1 aromatic carbocycles. The second-order valence-corrected chi connectivity index (χ2v) is 7.53. The van der Waals surface area contributed by atoms with Crippen molar-refractivity contribution in [2.45, 2.75) is 50.1 Å². The van der Waals surface area contributed by atoms with E-state index in [1.54, 1.807) is 0 Å². The lowest BCUT2D eigenvalue weighted by atomic mass is 9.80. The van der Waals surface area contributed by atoms with Crippen molar-refractivity contribution in [1.29, 1.82) is 0 Å². The summed E-state index contributed by atoms with van der Waals surface area (Å²) in [5, 5.41) is 1.47. The minimum absolute atomic E-state index is 0.272. The standard InChI is InChI=1S/C16H23N3S/c1-9-4-5-13-14(8-9)19-16(18-13)20-15-11(3)6-10(2)7-12(15)17/h4-5,8,10-12,15H,6-7,17H2,1-3H3,(H,18,19). The van der Waals surface area contributed by atoms with Gasteiger partial charge < -0.3 is 10.7 Å². The number of aryl methyl sites for hydroxylation is 1. The third-order valence-corrected chi connectivity index (χ3v) is 5.80. The summed E-state index contributed by atoms with van der Waals surface area (Å²) in [6.07, 6.45) is 2.39. The number of aromatic amines is 1. The molecule has 0 spiro atoms. The summed E-state index contributed by atoms with van der Waals surface area (Å²) >= 11 is 1.82. The van der Waals surface area contributed by atoms with Crippen LogP contribution in [0.2, 0.25) is 0 Å². The molecule has 1 aromatic heterocycles. The van der Waals surface area contributed by atoms with Crippen molar-refractivity contribution in [3.8, 4) is 0 Å². The van der Waals surface area contributed by atoms with E-state index in [1.807, 2.05) is 11.8 Å². The molecule has 0 radical (unpaired) electrons. The van der Waals surface area contributed by atoms with E-state index in [2.05, 4.69) is 48.9 Å². The molecule has 3 nitrogen and oxygen atoms in total. The molecule has 3 rings (SSSR count). The molecular formula is C16H23N3S. The predicted octanol–water partition coefficient (Wildman–Crippen LogP) is 3.73. The summed E-state index contributed by atoms with van der Waals surface area (Å²) in [6, 6.07) is 6.61. The fourth-order valence-corrected chi connectivity index (χ4v) is 4.58. The third-order valence-electron chi connectivity index (χ3n) is 4.29. The van der Waals surface area contributed by atoms with Crippen LogP contribution in [0.3, 0.4) is 0 Å². The van der Waals surface area contributed by atoms with Crippen LogP contribution in [0, 0.1) is 18.8 Å². The summed E-state index contributed by atoms with van der Waals surface area (Å²) in [4.78, 5) is 8.12. The van der Waals surface area contributed by atoms with Gasteiger partial charge >= 0.3 is 0 Å². The van der Waals surface area contributed by atoms with Gasteiger partial charge in [-0.05, 0) is 49.3 Å². The Kier molecular flexibility index (Phi) is 3.78. The topological polar surface area (TPSA) is 54.7 Å². The van der Waals surface area contributed by atoms with Gasteiger partial charge in [-0.1, -0.05) is 31.7 Å². The second-order valence-electron chi connectivity index (χ2n) is 6.36. The maximum Gasteiger partial charge on any atom is 0.166 e. The number of H-pyrrole nitrogens is 1. The smallest absolute Gasteiger partial charge is 0.166 e. The van der Waals surface area contributed by atoms with E-state index in [9.17, 15) is 0 Å². The number of thioether (sulfide) groups is 1. The van der Waals surface area contributed by atoms with Crippen molar-refractivity contribution >= 4 is 22.8 Å². The molecular weight excluding hydrogens is 266 g/mol. The highest BCUT2D eigenvalue weighted by Gasteiger charge is 2.33. The fourth-order valence-electron chi connectivity index (χ4n) is 3.37. The van der Waals surface area contributed by atoms with Crippen LogP contribution in [-0.2, 0) is 0 Å². The Balaban J connectivity index is 1.81. The van der Waals surface area contributed by atoms with Crippen molar-refractivity contribution in [1.82, 2.24) is 9.97 Å². The number of hydrogen-bond donors (Lipinski definition) is 2. The molecule has 1 aliphatic rings. The Bertz CT molecular complexity index is 595. The van der Waals surface area contributed by atoms with Gasteiger partial charge in [0.25, 0.3) is 0 Å². The number of nitrogens with zero attached hydrogens (tertiary/aromatic N) is 1. The monoisotopic (exact) mass is 289 g/mol. The van der Waals surface area contributed by atoms with Crippen LogP contribution in [0.4, 0.5) is 0 Å². The van der Waals surface area contributed by atoms with Gasteiger partial charge in [-0.2, -0.15) is 0 Å². The van der Waals surface area contributed by atoms with Crippen LogP contribution in [0.5, 0.6) is 0 Å². The Morgan fingerprint density at radius 2 is 2.10 bits per heavy atom. The first-order valence-corrected chi connectivity index (χ1v) is 8.29. The molecule has 0 saturated heterocycles. The average molecular weight is 289 g/mol. The van der Waals surface area contributed by atoms with E-state index in [0.29, 0.717) is 11.2 Å². The zero-order valence-electron chi connectivity index (χ0n) is 12.4. The van der Waals surface area contributed by atoms with Crippen LogP contribution >= 0.6 is 11.8 Å². The van der Waals surface area contributed by atoms with Crippen LogP contribution in [0.25, 0.3) is 11.0 Å². The first-order chi connectivity index (χ1) is 9.52. The summed E-state index contributed by atoms with van der Waals surface area (Å²) in [6.45, 7) is 6.73. The third kappa shape index (κ3) is 2.72. The molecule has 1 aliphatic carbocycles. The maximum atomic E-state index is 6.36. The molecule has 108 valence electrons. The number of imidazole rings is 1. The Morgan fingerprint density at radius 1 is 1.30 bits per heavy atom. The first-order valence-electron chi connectivity index (χ1n) is 7.41. The lowest BCUT2D eigenvalue weighted by Gasteiger charge is -2.36. The lowest BCUT2D eigenvalue weighted by Crippen LogP contribution is -2.42. The van der Waals surface area contributed by atoms with Gasteiger partial charge in [-0.25, -0.2) is 4.98 Å². The van der Waals surface area contributed by atoms with Crippen LogP contribution in [0.15, 0.2) is 23.4 Å². The normalized spacial score (nSPS) is 30.8. The number of nitrogens with two attached hydrogens (primary N) is 1. The molecule has 3 N–H and O–H groups in total. The molecule has 1 fully saturated rings. The highest BCUT2D eigenvalue weighted by atomic mass is 32.2. The van der Waals surface area contributed by atoms with E-state index >= 15 is 0 Å². The van der Waals surface area contributed by atoms with Crippen LogP contribution in [0.1, 0.15) is 32.3 Å². The number of fused-ring (bicyclic) bond motifs is 1. The first kappa shape index (κ1) is 14.0. The molecule has 1 saturated carbocycles. The van der Waals surface area contributed by atoms with Gasteiger partial charge in [0.15, 0.2) is 5.16 Å². The zero-order chi connectivity index (χ0) is 14.3. The number of nitrogens with one attached hydrogen (secondary N) is 1. The van der Waals surface area contributed by atoms with Gasteiger partial charge in [-0.15, -0.1) is 0 Å². The van der Waals surface area contributed by atoms with Gasteiger partial charge in [0.05, 0.1) is 11.0 Å². The Labute approximate surface area is 124 Å². The minimum Gasteiger partial charge on any atom is -0.333 e. The Hall–Kier alpha value is -1.00. The molecule has 1 heterocycles. The summed E-state index contributed by atoms with van der Waals surface area (Å²) in [7, 11) is 0. The van der Waals surface area contributed by atoms with E-state index in [4.69, 9.17) is 5.73 Å². The Morgan fingerprint density at radius 3 is 2.85 bits per heavy atom. The van der Waals surface area contributed by atoms with Crippen molar-refractivity contribution < 1.29 is 0 Å². The molecule has 4 atom stereocenters. The zero-order valence-corrected chi connectivity index (χ0v) is 13.2. The minimum atomic E-state index is 0.272. The second kappa shape index (κ2) is 5.41. The van der Waals surface area contributed by atoms with Crippen molar-refractivity contribution in [3.63, 3.8) is 0 Å². The highest BCUT2D eigenvalue weighted by Crippen LogP contribution is 2.38. The molecule has 2 aromatic rings. The number of rotatable bonds is 2. The number of benzene rings is 1. The fraction of sp³-hybridized carbons (Fsp3) is 0.562. The maximum absolute atomic E-state index is 6.36. The quantitative estimate of drug-likeness (QED) is 0.886. The summed E-state index contributed by atoms with van der Waals surface area (Å²) in [5.41, 5.74) is 9.79. The number of hydrogen-bond acceptors (Lipinski definition) is 3. The van der Waals surface area contributed by atoms with Gasteiger partial charge in [-0.3, -0.25) is 0 Å². The summed E-state index contributed by atoms with van der Waals surface area (Å²) < 4.78 is 0. The van der Waals surface area contributed by atoms with E-state index in [1.165, 1.54) is 12.0 Å². The van der Waals surface area contributed by atoms with Gasteiger partial charge in [0.1, 0.15) is 0 Å². The average Bonchev–Trinajstić information content (AvgIpc) is 2.75. The highest BCUT2D eigenvalue weighted by molar-refractivity contribution is 7.99. The molecule has 0 amide bonds. The largest absolute Gasteiger partial charge is 0.333 e.